The minimum absolute atomic E-state index is 0.614. The van der Waals surface area contributed by atoms with Gasteiger partial charge in [0.05, 0.1) is 11.9 Å². The van der Waals surface area contributed by atoms with Crippen molar-refractivity contribution in [2.45, 2.75) is 39.3 Å². The van der Waals surface area contributed by atoms with Crippen molar-refractivity contribution < 1.29 is 0 Å². The van der Waals surface area contributed by atoms with Crippen molar-refractivity contribution in [3.8, 4) is 0 Å². The van der Waals surface area contributed by atoms with Gasteiger partial charge in [-0.15, -0.1) is 5.10 Å². The van der Waals surface area contributed by atoms with E-state index in [1.165, 1.54) is 38.0 Å². The van der Waals surface area contributed by atoms with Gasteiger partial charge < -0.3 is 0 Å². The monoisotopic (exact) mass is 206 g/mol. The molecule has 4 heteroatoms. The summed E-state index contributed by atoms with van der Waals surface area (Å²) in [4.78, 5) is 2.56. The van der Waals surface area contributed by atoms with Crippen LogP contribution in [0.1, 0.15) is 31.9 Å². The van der Waals surface area contributed by atoms with Crippen LogP contribution in [0.25, 0.3) is 0 Å². The number of aryl methyl sites for hydroxylation is 1. The summed E-state index contributed by atoms with van der Waals surface area (Å²) in [5, 5.41) is 8.08. The van der Waals surface area contributed by atoms with Gasteiger partial charge >= 0.3 is 0 Å². The van der Waals surface area contributed by atoms with Crippen LogP contribution in [-0.2, 0) is 13.1 Å². The molecular weight excluding hydrogens is 188 g/mol. The fraction of sp³-hybridized carbons (Fsp3) is 0.818. The standard InChI is InChI=1S/C11H18N4/c1-11(3-4-11)9-14-5-2-6-15-10(8-14)7-12-13-15/h7H,2-6,8-9H2,1H3. The molecule has 15 heavy (non-hydrogen) atoms. The zero-order valence-corrected chi connectivity index (χ0v) is 9.32. The summed E-state index contributed by atoms with van der Waals surface area (Å²) in [6.07, 6.45) is 5.92. The fourth-order valence-electron chi connectivity index (χ4n) is 2.39. The Kier molecular flexibility index (Phi) is 2.06. The van der Waals surface area contributed by atoms with E-state index in [9.17, 15) is 0 Å². The van der Waals surface area contributed by atoms with Crippen LogP contribution in [-0.4, -0.2) is 33.0 Å². The number of rotatable bonds is 2. The van der Waals surface area contributed by atoms with E-state index in [0.717, 1.165) is 13.1 Å². The largest absolute Gasteiger partial charge is 0.297 e. The maximum atomic E-state index is 4.10. The van der Waals surface area contributed by atoms with Crippen molar-refractivity contribution in [3.63, 3.8) is 0 Å². The van der Waals surface area contributed by atoms with E-state index in [4.69, 9.17) is 0 Å². The van der Waals surface area contributed by atoms with E-state index in [2.05, 4.69) is 26.8 Å². The van der Waals surface area contributed by atoms with Gasteiger partial charge in [0.1, 0.15) is 0 Å². The van der Waals surface area contributed by atoms with E-state index >= 15 is 0 Å². The third-order valence-electron chi connectivity index (χ3n) is 3.64. The summed E-state index contributed by atoms with van der Waals surface area (Å²) in [5.74, 6) is 0. The Morgan fingerprint density at radius 3 is 3.07 bits per heavy atom. The number of aromatic nitrogens is 3. The molecule has 1 aliphatic carbocycles. The average molecular weight is 206 g/mol. The molecule has 0 saturated heterocycles. The number of nitrogens with zero attached hydrogens (tertiary/aromatic N) is 4. The van der Waals surface area contributed by atoms with Crippen LogP contribution in [0.3, 0.4) is 0 Å². The van der Waals surface area contributed by atoms with Crippen molar-refractivity contribution in [2.75, 3.05) is 13.1 Å². The number of hydrogen-bond donors (Lipinski definition) is 0. The van der Waals surface area contributed by atoms with Crippen molar-refractivity contribution in [1.82, 2.24) is 19.9 Å². The Hall–Kier alpha value is -0.900. The summed E-state index contributed by atoms with van der Waals surface area (Å²) in [6, 6.07) is 0. The van der Waals surface area contributed by atoms with Gasteiger partial charge in [0.2, 0.25) is 0 Å². The van der Waals surface area contributed by atoms with E-state index < -0.39 is 0 Å². The van der Waals surface area contributed by atoms with Gasteiger partial charge in [-0.3, -0.25) is 4.90 Å². The molecule has 0 atom stereocenters. The molecule has 0 N–H and O–H groups in total. The lowest BCUT2D eigenvalue weighted by Gasteiger charge is -2.22. The topological polar surface area (TPSA) is 34.0 Å². The van der Waals surface area contributed by atoms with Gasteiger partial charge in [-0.05, 0) is 24.7 Å². The normalized spacial score (nSPS) is 24.6. The number of hydrogen-bond acceptors (Lipinski definition) is 3. The molecule has 0 unspecified atom stereocenters. The lowest BCUT2D eigenvalue weighted by atomic mass is 10.1. The van der Waals surface area contributed by atoms with Crippen molar-refractivity contribution in [1.29, 1.82) is 0 Å². The smallest absolute Gasteiger partial charge is 0.0738 e. The first-order valence-electron chi connectivity index (χ1n) is 5.85. The predicted octanol–water partition coefficient (Wildman–Crippen LogP) is 1.28. The molecular formula is C11H18N4. The van der Waals surface area contributed by atoms with Crippen molar-refractivity contribution in [2.24, 2.45) is 5.41 Å². The average Bonchev–Trinajstić information content (AvgIpc) is 2.82. The van der Waals surface area contributed by atoms with Crippen LogP contribution in [0.2, 0.25) is 0 Å². The maximum Gasteiger partial charge on any atom is 0.0738 e. The van der Waals surface area contributed by atoms with E-state index in [-0.39, 0.29) is 0 Å². The van der Waals surface area contributed by atoms with Crippen molar-refractivity contribution in [3.05, 3.63) is 11.9 Å². The van der Waals surface area contributed by atoms with Crippen LogP contribution >= 0.6 is 0 Å². The highest BCUT2D eigenvalue weighted by Crippen LogP contribution is 2.45. The minimum atomic E-state index is 0.614. The van der Waals surface area contributed by atoms with Crippen LogP contribution < -0.4 is 0 Å². The quantitative estimate of drug-likeness (QED) is 0.731. The summed E-state index contributed by atoms with van der Waals surface area (Å²) in [5.41, 5.74) is 1.89. The third kappa shape index (κ3) is 1.91. The molecule has 1 aliphatic heterocycles. The molecule has 0 amide bonds. The van der Waals surface area contributed by atoms with Gasteiger partial charge in [0.15, 0.2) is 0 Å². The molecule has 0 bridgehead atoms. The Bertz CT molecular complexity index is 353. The molecule has 2 heterocycles. The SMILES string of the molecule is CC1(CN2CCCn3nncc3C2)CC1. The lowest BCUT2D eigenvalue weighted by Crippen LogP contribution is -2.29. The predicted molar refractivity (Wildman–Crippen MR) is 57.3 cm³/mol. The van der Waals surface area contributed by atoms with Gasteiger partial charge in [-0.2, -0.15) is 0 Å². The molecule has 1 saturated carbocycles. The lowest BCUT2D eigenvalue weighted by molar-refractivity contribution is 0.223. The zero-order valence-electron chi connectivity index (χ0n) is 9.32. The molecule has 4 nitrogen and oxygen atoms in total. The molecule has 82 valence electrons. The first kappa shape index (κ1) is 9.33. The molecule has 3 rings (SSSR count). The first-order chi connectivity index (χ1) is 7.25. The molecule has 1 aromatic rings. The second-order valence-electron chi connectivity index (χ2n) is 5.32. The Balaban J connectivity index is 1.71. The van der Waals surface area contributed by atoms with E-state index in [1.54, 1.807) is 0 Å². The second kappa shape index (κ2) is 3.30. The second-order valence-corrected chi connectivity index (χ2v) is 5.32. The molecule has 1 aromatic heterocycles. The van der Waals surface area contributed by atoms with E-state index in [1.807, 2.05) is 6.20 Å². The maximum absolute atomic E-state index is 4.10. The highest BCUT2D eigenvalue weighted by Gasteiger charge is 2.38. The van der Waals surface area contributed by atoms with Crippen LogP contribution in [0.15, 0.2) is 6.20 Å². The van der Waals surface area contributed by atoms with Gasteiger partial charge in [-0.25, -0.2) is 4.68 Å². The van der Waals surface area contributed by atoms with Crippen LogP contribution in [0.5, 0.6) is 0 Å². The molecule has 1 fully saturated rings. The molecule has 0 radical (unpaired) electrons. The Morgan fingerprint density at radius 2 is 2.27 bits per heavy atom. The van der Waals surface area contributed by atoms with Gasteiger partial charge in [0, 0.05) is 26.2 Å². The highest BCUT2D eigenvalue weighted by atomic mass is 15.4. The Morgan fingerprint density at radius 1 is 1.40 bits per heavy atom. The third-order valence-corrected chi connectivity index (χ3v) is 3.64. The molecule has 0 spiro atoms. The summed E-state index contributed by atoms with van der Waals surface area (Å²) >= 11 is 0. The van der Waals surface area contributed by atoms with Crippen LogP contribution in [0.4, 0.5) is 0 Å². The van der Waals surface area contributed by atoms with Gasteiger partial charge in [0.25, 0.3) is 0 Å². The van der Waals surface area contributed by atoms with E-state index in [0.29, 0.717) is 5.41 Å². The van der Waals surface area contributed by atoms with Gasteiger partial charge in [-0.1, -0.05) is 12.1 Å². The molecule has 0 aromatic carbocycles. The molecule has 2 aliphatic rings. The number of fused-ring (bicyclic) bond motifs is 1. The Labute approximate surface area is 90.3 Å². The van der Waals surface area contributed by atoms with Crippen LogP contribution in [0, 0.1) is 5.41 Å². The summed E-state index contributed by atoms with van der Waals surface area (Å²) in [6.45, 7) is 6.91. The van der Waals surface area contributed by atoms with Crippen molar-refractivity contribution >= 4 is 0 Å². The zero-order chi connectivity index (χ0) is 10.3. The minimum Gasteiger partial charge on any atom is -0.297 e. The fourth-order valence-corrected chi connectivity index (χ4v) is 2.39. The highest BCUT2D eigenvalue weighted by molar-refractivity contribution is 4.98. The first-order valence-corrected chi connectivity index (χ1v) is 5.85. The summed E-state index contributed by atoms with van der Waals surface area (Å²) in [7, 11) is 0. The summed E-state index contributed by atoms with van der Waals surface area (Å²) < 4.78 is 2.05.